The van der Waals surface area contributed by atoms with Gasteiger partial charge in [0.15, 0.2) is 0 Å². The lowest BCUT2D eigenvalue weighted by molar-refractivity contribution is -0.159. The van der Waals surface area contributed by atoms with Gasteiger partial charge in [0, 0.05) is 37.6 Å². The lowest BCUT2D eigenvalue weighted by atomic mass is 10.0. The Kier molecular flexibility index (Phi) is 7.60. The van der Waals surface area contributed by atoms with Crippen LogP contribution in [0.15, 0.2) is 59.4 Å². The van der Waals surface area contributed by atoms with Crippen LogP contribution in [0.4, 0.5) is 0 Å². The summed E-state index contributed by atoms with van der Waals surface area (Å²) in [7, 11) is 0. The maximum Gasteiger partial charge on any atom is 0.414 e. The van der Waals surface area contributed by atoms with E-state index in [1.54, 1.807) is 12.4 Å². The van der Waals surface area contributed by atoms with Gasteiger partial charge >= 0.3 is 11.9 Å². The van der Waals surface area contributed by atoms with E-state index in [0.29, 0.717) is 24.8 Å². The van der Waals surface area contributed by atoms with E-state index in [4.69, 9.17) is 24.3 Å². The van der Waals surface area contributed by atoms with Crippen LogP contribution in [0.25, 0.3) is 11.4 Å². The quantitative estimate of drug-likeness (QED) is 0.473. The summed E-state index contributed by atoms with van der Waals surface area (Å²) >= 11 is 0. The van der Waals surface area contributed by atoms with Crippen molar-refractivity contribution < 1.29 is 29.1 Å². The Morgan fingerprint density at radius 2 is 1.78 bits per heavy atom. The van der Waals surface area contributed by atoms with Crippen molar-refractivity contribution in [3.8, 4) is 11.4 Å². The second kappa shape index (κ2) is 10.8. The van der Waals surface area contributed by atoms with Crippen LogP contribution in [0.2, 0.25) is 0 Å². The first kappa shape index (κ1) is 22.6. The largest absolute Gasteiger partial charge is 0.473 e. The average molecular weight is 439 g/mol. The molecule has 4 rings (SSSR count). The van der Waals surface area contributed by atoms with Crippen molar-refractivity contribution in [2.45, 2.75) is 12.5 Å². The summed E-state index contributed by atoms with van der Waals surface area (Å²) in [5.41, 5.74) is 1.93. The molecule has 0 bridgehead atoms. The SMILES string of the molecule is O=C(CN1CC(c2nc(-c3cccnc3)no2)C1)NCc1ccccc1.O=C(O)C(=O)O. The lowest BCUT2D eigenvalue weighted by Gasteiger charge is -2.36. The molecular formula is C21H21N5O6. The zero-order chi connectivity index (χ0) is 22.9. The second-order valence-electron chi connectivity index (χ2n) is 6.96. The molecule has 1 fully saturated rings. The van der Waals surface area contributed by atoms with Gasteiger partial charge in [-0.3, -0.25) is 14.7 Å². The number of carboxylic acids is 2. The van der Waals surface area contributed by atoms with E-state index >= 15 is 0 Å². The smallest absolute Gasteiger partial charge is 0.414 e. The fraction of sp³-hybridized carbons (Fsp3) is 0.238. The van der Waals surface area contributed by atoms with Crippen LogP contribution in [0, 0.1) is 0 Å². The second-order valence-corrected chi connectivity index (χ2v) is 6.96. The molecule has 1 amide bonds. The topological polar surface area (TPSA) is 159 Å². The molecule has 0 radical (unpaired) electrons. The third-order valence-corrected chi connectivity index (χ3v) is 4.55. The predicted molar refractivity (Wildman–Crippen MR) is 110 cm³/mol. The highest BCUT2D eigenvalue weighted by molar-refractivity contribution is 6.27. The van der Waals surface area contributed by atoms with E-state index in [9.17, 15) is 4.79 Å². The molecule has 0 atom stereocenters. The van der Waals surface area contributed by atoms with E-state index in [-0.39, 0.29) is 11.8 Å². The van der Waals surface area contributed by atoms with E-state index in [1.807, 2.05) is 42.5 Å². The Balaban J connectivity index is 0.000000427. The van der Waals surface area contributed by atoms with Crippen molar-refractivity contribution >= 4 is 17.8 Å². The number of aliphatic carboxylic acids is 2. The highest BCUT2D eigenvalue weighted by Crippen LogP contribution is 2.27. The molecule has 32 heavy (non-hydrogen) atoms. The summed E-state index contributed by atoms with van der Waals surface area (Å²) in [6.45, 7) is 2.42. The summed E-state index contributed by atoms with van der Waals surface area (Å²) in [4.78, 5) is 40.8. The van der Waals surface area contributed by atoms with Crippen LogP contribution in [0.3, 0.4) is 0 Å². The fourth-order valence-corrected chi connectivity index (χ4v) is 2.92. The number of rotatable bonds is 6. The maximum atomic E-state index is 12.0. The van der Waals surface area contributed by atoms with Gasteiger partial charge in [-0.15, -0.1) is 0 Å². The molecule has 0 unspecified atom stereocenters. The number of likely N-dealkylation sites (tertiary alicyclic amines) is 1. The van der Waals surface area contributed by atoms with Crippen LogP contribution in [0.1, 0.15) is 17.4 Å². The average Bonchev–Trinajstić information content (AvgIpc) is 3.26. The highest BCUT2D eigenvalue weighted by atomic mass is 16.5. The molecule has 3 heterocycles. The van der Waals surface area contributed by atoms with Crippen LogP contribution in [-0.2, 0) is 20.9 Å². The van der Waals surface area contributed by atoms with Crippen molar-refractivity contribution in [1.29, 1.82) is 0 Å². The van der Waals surface area contributed by atoms with Gasteiger partial charge in [0.1, 0.15) is 0 Å². The third-order valence-electron chi connectivity index (χ3n) is 4.55. The standard InChI is InChI=1S/C19H19N5O2.C2H2O4/c25-17(21-9-14-5-2-1-3-6-14)13-24-11-16(12-24)19-22-18(23-26-19)15-7-4-8-20-10-15;3-1(4)2(5)6/h1-8,10,16H,9,11-13H2,(H,21,25);(H,3,4)(H,5,6). The summed E-state index contributed by atoms with van der Waals surface area (Å²) in [5.74, 6) is -2.29. The minimum Gasteiger partial charge on any atom is -0.473 e. The Bertz CT molecular complexity index is 1040. The highest BCUT2D eigenvalue weighted by Gasteiger charge is 2.33. The number of aromatic nitrogens is 3. The number of nitrogens with one attached hydrogen (secondary N) is 1. The summed E-state index contributed by atoms with van der Waals surface area (Å²) in [6, 6.07) is 13.6. The molecule has 0 saturated carbocycles. The molecule has 1 aromatic carbocycles. The van der Waals surface area contributed by atoms with E-state index in [0.717, 1.165) is 24.2 Å². The van der Waals surface area contributed by atoms with Crippen LogP contribution in [-0.4, -0.2) is 67.7 Å². The number of hydrogen-bond donors (Lipinski definition) is 3. The van der Waals surface area contributed by atoms with Gasteiger partial charge in [-0.25, -0.2) is 9.59 Å². The number of pyridine rings is 1. The first-order valence-electron chi connectivity index (χ1n) is 9.65. The zero-order valence-corrected chi connectivity index (χ0v) is 16.9. The van der Waals surface area contributed by atoms with Gasteiger partial charge < -0.3 is 20.1 Å². The molecule has 1 aliphatic rings. The van der Waals surface area contributed by atoms with Gasteiger partial charge in [0.25, 0.3) is 0 Å². The number of hydrogen-bond acceptors (Lipinski definition) is 8. The minimum absolute atomic E-state index is 0.0221. The lowest BCUT2D eigenvalue weighted by Crippen LogP contribution is -2.49. The minimum atomic E-state index is -1.82. The van der Waals surface area contributed by atoms with Crippen LogP contribution >= 0.6 is 0 Å². The molecule has 0 aliphatic carbocycles. The first-order valence-corrected chi connectivity index (χ1v) is 9.65. The number of nitrogens with zero attached hydrogens (tertiary/aromatic N) is 4. The van der Waals surface area contributed by atoms with Gasteiger partial charge in [-0.1, -0.05) is 35.5 Å². The Morgan fingerprint density at radius 1 is 1.06 bits per heavy atom. The monoisotopic (exact) mass is 439 g/mol. The molecule has 11 nitrogen and oxygen atoms in total. The number of benzene rings is 1. The van der Waals surface area contributed by atoms with E-state index in [2.05, 4.69) is 25.3 Å². The number of carboxylic acid groups (broad SMARTS) is 2. The Labute approximate surface area is 182 Å². The maximum absolute atomic E-state index is 12.0. The normalized spacial score (nSPS) is 13.4. The molecule has 1 aliphatic heterocycles. The molecule has 2 aromatic heterocycles. The summed E-state index contributed by atoms with van der Waals surface area (Å²) in [5, 5.41) is 21.7. The van der Waals surface area contributed by atoms with E-state index in [1.165, 1.54) is 0 Å². The molecule has 1 saturated heterocycles. The van der Waals surface area contributed by atoms with Gasteiger partial charge in [0.2, 0.25) is 17.6 Å². The molecule has 166 valence electrons. The number of amides is 1. The predicted octanol–water partition coefficient (Wildman–Crippen LogP) is 1.00. The Morgan fingerprint density at radius 3 is 2.41 bits per heavy atom. The Hall–Kier alpha value is -4.12. The number of carbonyl (C=O) groups is 3. The molecular weight excluding hydrogens is 418 g/mol. The van der Waals surface area contributed by atoms with Gasteiger partial charge in [0.05, 0.1) is 12.5 Å². The van der Waals surface area contributed by atoms with E-state index < -0.39 is 11.9 Å². The summed E-state index contributed by atoms with van der Waals surface area (Å²) < 4.78 is 5.37. The number of carbonyl (C=O) groups excluding carboxylic acids is 1. The van der Waals surface area contributed by atoms with Crippen molar-refractivity contribution in [1.82, 2.24) is 25.3 Å². The third kappa shape index (κ3) is 6.44. The van der Waals surface area contributed by atoms with Gasteiger partial charge in [-0.2, -0.15) is 4.98 Å². The molecule has 3 aromatic rings. The van der Waals surface area contributed by atoms with Gasteiger partial charge in [-0.05, 0) is 17.7 Å². The van der Waals surface area contributed by atoms with Crippen molar-refractivity contribution in [3.05, 3.63) is 66.3 Å². The fourth-order valence-electron chi connectivity index (χ4n) is 2.92. The summed E-state index contributed by atoms with van der Waals surface area (Å²) in [6.07, 6.45) is 3.41. The zero-order valence-electron chi connectivity index (χ0n) is 16.9. The van der Waals surface area contributed by atoms with Crippen molar-refractivity contribution in [3.63, 3.8) is 0 Å². The molecule has 3 N–H and O–H groups in total. The van der Waals surface area contributed by atoms with Crippen molar-refractivity contribution in [2.24, 2.45) is 0 Å². The van der Waals surface area contributed by atoms with Crippen LogP contribution < -0.4 is 5.32 Å². The molecule has 0 spiro atoms. The van der Waals surface area contributed by atoms with Crippen molar-refractivity contribution in [2.75, 3.05) is 19.6 Å². The molecule has 11 heteroatoms. The van der Waals surface area contributed by atoms with Crippen LogP contribution in [0.5, 0.6) is 0 Å². The first-order chi connectivity index (χ1) is 15.4.